The van der Waals surface area contributed by atoms with Gasteiger partial charge in [-0.1, -0.05) is 35.9 Å². The van der Waals surface area contributed by atoms with Crippen molar-refractivity contribution in [3.63, 3.8) is 0 Å². The van der Waals surface area contributed by atoms with E-state index in [0.29, 0.717) is 15.6 Å². The van der Waals surface area contributed by atoms with Gasteiger partial charge in [-0.3, -0.25) is 0 Å². The van der Waals surface area contributed by atoms with Gasteiger partial charge in [0, 0.05) is 5.39 Å². The van der Waals surface area contributed by atoms with Crippen molar-refractivity contribution in [1.29, 1.82) is 0 Å². The smallest absolute Gasteiger partial charge is 0.348 e. The Balaban J connectivity index is 1.87. The van der Waals surface area contributed by atoms with Gasteiger partial charge in [-0.15, -0.1) is 11.3 Å². The summed E-state index contributed by atoms with van der Waals surface area (Å²) in [4.78, 5) is 16.9. The van der Waals surface area contributed by atoms with Crippen molar-refractivity contribution in [2.45, 2.75) is 13.5 Å². The average Bonchev–Trinajstić information content (AvgIpc) is 3.03. The Morgan fingerprint density at radius 1 is 1.29 bits per heavy atom. The molecule has 3 rings (SSSR count). The highest BCUT2D eigenvalue weighted by molar-refractivity contribution is 7.11. The third kappa shape index (κ3) is 2.77. The zero-order valence-electron chi connectivity index (χ0n) is 11.3. The number of hydrogen-bond acceptors (Lipinski definition) is 4. The van der Waals surface area contributed by atoms with Crippen LogP contribution in [0.3, 0.4) is 0 Å². The largest absolute Gasteiger partial charge is 0.455 e. The molecular weight excluding hydrogens is 306 g/mol. The van der Waals surface area contributed by atoms with Gasteiger partial charge in [0.1, 0.15) is 11.5 Å². The fraction of sp³-hybridized carbons (Fsp3) is 0.125. The summed E-state index contributed by atoms with van der Waals surface area (Å²) >= 11 is 7.68. The minimum absolute atomic E-state index is 0.0707. The van der Waals surface area contributed by atoms with Gasteiger partial charge in [0.15, 0.2) is 0 Å². The van der Waals surface area contributed by atoms with Crippen LogP contribution in [-0.4, -0.2) is 11.0 Å². The Hall–Kier alpha value is -1.91. The van der Waals surface area contributed by atoms with E-state index in [1.807, 2.05) is 42.6 Å². The quantitative estimate of drug-likeness (QED) is 0.662. The number of carbonyl (C=O) groups is 1. The zero-order chi connectivity index (χ0) is 14.8. The van der Waals surface area contributed by atoms with Crippen LogP contribution >= 0.6 is 22.9 Å². The molecule has 0 aliphatic rings. The number of nitrogens with zero attached hydrogens (tertiary/aromatic N) is 1. The Bertz CT molecular complexity index is 799. The monoisotopic (exact) mass is 317 g/mol. The van der Waals surface area contributed by atoms with Crippen molar-refractivity contribution in [2.24, 2.45) is 0 Å². The number of benzene rings is 1. The number of thiophene rings is 1. The molecule has 0 radical (unpaired) electrons. The first-order valence-electron chi connectivity index (χ1n) is 6.41. The van der Waals surface area contributed by atoms with Crippen molar-refractivity contribution in [3.8, 4) is 0 Å². The van der Waals surface area contributed by atoms with E-state index in [1.165, 1.54) is 11.3 Å². The number of rotatable bonds is 3. The third-order valence-electron chi connectivity index (χ3n) is 3.21. The third-order valence-corrected chi connectivity index (χ3v) is 4.56. The van der Waals surface area contributed by atoms with E-state index in [0.717, 1.165) is 16.5 Å². The zero-order valence-corrected chi connectivity index (χ0v) is 12.9. The van der Waals surface area contributed by atoms with Crippen molar-refractivity contribution in [1.82, 2.24) is 4.98 Å². The lowest BCUT2D eigenvalue weighted by Crippen LogP contribution is -2.05. The highest BCUT2D eigenvalue weighted by Crippen LogP contribution is 2.27. The Morgan fingerprint density at radius 3 is 2.86 bits per heavy atom. The van der Waals surface area contributed by atoms with Gasteiger partial charge < -0.3 is 4.74 Å². The van der Waals surface area contributed by atoms with E-state index in [1.54, 1.807) is 6.07 Å². The summed E-state index contributed by atoms with van der Waals surface area (Å²) < 4.78 is 5.28. The molecule has 0 saturated heterocycles. The maximum absolute atomic E-state index is 11.9. The summed E-state index contributed by atoms with van der Waals surface area (Å²) in [6.45, 7) is 2.01. The van der Waals surface area contributed by atoms with E-state index in [2.05, 4.69) is 4.98 Å². The van der Waals surface area contributed by atoms with Gasteiger partial charge in [0.05, 0.1) is 16.2 Å². The second kappa shape index (κ2) is 5.84. The fourth-order valence-electron chi connectivity index (χ4n) is 2.11. The van der Waals surface area contributed by atoms with Crippen LogP contribution in [0.25, 0.3) is 10.9 Å². The topological polar surface area (TPSA) is 39.2 Å². The Kier molecular flexibility index (Phi) is 3.90. The number of pyridine rings is 1. The molecule has 0 bridgehead atoms. The van der Waals surface area contributed by atoms with Crippen LogP contribution in [0.5, 0.6) is 0 Å². The van der Waals surface area contributed by atoms with Crippen LogP contribution in [0.1, 0.15) is 20.9 Å². The van der Waals surface area contributed by atoms with E-state index in [4.69, 9.17) is 16.3 Å². The molecule has 3 nitrogen and oxygen atoms in total. The molecule has 0 aliphatic carbocycles. The van der Waals surface area contributed by atoms with Crippen LogP contribution in [0, 0.1) is 6.92 Å². The molecule has 0 fully saturated rings. The molecule has 5 heteroatoms. The molecule has 2 heterocycles. The van der Waals surface area contributed by atoms with Gasteiger partial charge in [0.2, 0.25) is 0 Å². The highest BCUT2D eigenvalue weighted by atomic mass is 35.5. The maximum Gasteiger partial charge on any atom is 0.348 e. The number of hydrogen-bond donors (Lipinski definition) is 0. The van der Waals surface area contributed by atoms with E-state index in [9.17, 15) is 4.79 Å². The first-order chi connectivity index (χ1) is 10.2. The normalized spacial score (nSPS) is 10.8. The van der Waals surface area contributed by atoms with Crippen LogP contribution < -0.4 is 0 Å². The summed E-state index contributed by atoms with van der Waals surface area (Å²) in [6.07, 6.45) is 0. The average molecular weight is 318 g/mol. The first-order valence-corrected chi connectivity index (χ1v) is 7.67. The molecule has 0 amide bonds. The molecular formula is C16H12ClNO2S. The van der Waals surface area contributed by atoms with Crippen LogP contribution in [0.15, 0.2) is 41.8 Å². The Labute approximate surface area is 131 Å². The van der Waals surface area contributed by atoms with Crippen molar-refractivity contribution < 1.29 is 9.53 Å². The van der Waals surface area contributed by atoms with Crippen LogP contribution in [-0.2, 0) is 11.3 Å². The molecule has 1 aromatic carbocycles. The lowest BCUT2D eigenvalue weighted by molar-refractivity contribution is 0.0474. The van der Waals surface area contributed by atoms with Crippen LogP contribution in [0.2, 0.25) is 5.02 Å². The standard InChI is InChI=1S/C16H12ClNO2S/c1-10-11-5-2-3-6-12(11)18-13(15(10)17)9-20-16(19)14-7-4-8-21-14/h2-8H,9H2,1H3. The molecule has 3 aromatic rings. The van der Waals surface area contributed by atoms with Crippen LogP contribution in [0.4, 0.5) is 0 Å². The highest BCUT2D eigenvalue weighted by Gasteiger charge is 2.13. The minimum atomic E-state index is -0.353. The summed E-state index contributed by atoms with van der Waals surface area (Å²) in [6, 6.07) is 11.3. The van der Waals surface area contributed by atoms with Crippen molar-refractivity contribution in [2.75, 3.05) is 0 Å². The SMILES string of the molecule is Cc1c(Cl)c(COC(=O)c2cccs2)nc2ccccc12. The maximum atomic E-state index is 11.9. The number of halogens is 1. The number of para-hydroxylation sites is 1. The summed E-state index contributed by atoms with van der Waals surface area (Å²) in [7, 11) is 0. The summed E-state index contributed by atoms with van der Waals surface area (Å²) in [5.41, 5.74) is 2.38. The number of carbonyl (C=O) groups excluding carboxylic acids is 1. The van der Waals surface area contributed by atoms with Gasteiger partial charge in [-0.25, -0.2) is 9.78 Å². The predicted octanol–water partition coefficient (Wildman–Crippen LogP) is 4.62. The number of aryl methyl sites for hydroxylation is 1. The Morgan fingerprint density at radius 2 is 2.10 bits per heavy atom. The molecule has 0 aliphatic heterocycles. The lowest BCUT2D eigenvalue weighted by atomic mass is 10.1. The lowest BCUT2D eigenvalue weighted by Gasteiger charge is -2.10. The van der Waals surface area contributed by atoms with Gasteiger partial charge >= 0.3 is 5.97 Å². The molecule has 0 N–H and O–H groups in total. The van der Waals surface area contributed by atoms with E-state index < -0.39 is 0 Å². The molecule has 21 heavy (non-hydrogen) atoms. The number of esters is 1. The predicted molar refractivity (Wildman–Crippen MR) is 84.9 cm³/mol. The van der Waals surface area contributed by atoms with Crippen molar-refractivity contribution in [3.05, 3.63) is 62.9 Å². The van der Waals surface area contributed by atoms with E-state index in [-0.39, 0.29) is 12.6 Å². The molecule has 0 unspecified atom stereocenters. The molecule has 0 spiro atoms. The van der Waals surface area contributed by atoms with Gasteiger partial charge in [0.25, 0.3) is 0 Å². The second-order valence-corrected chi connectivity index (χ2v) is 5.89. The van der Waals surface area contributed by atoms with Crippen molar-refractivity contribution >= 4 is 39.8 Å². The molecule has 0 saturated carbocycles. The first kappa shape index (κ1) is 14.0. The number of fused-ring (bicyclic) bond motifs is 1. The fourth-order valence-corrected chi connectivity index (χ4v) is 2.93. The summed E-state index contributed by atoms with van der Waals surface area (Å²) in [5, 5.41) is 3.39. The molecule has 0 atom stereocenters. The van der Waals surface area contributed by atoms with E-state index >= 15 is 0 Å². The second-order valence-electron chi connectivity index (χ2n) is 4.57. The molecule has 106 valence electrons. The van der Waals surface area contributed by atoms with Gasteiger partial charge in [-0.05, 0) is 30.0 Å². The van der Waals surface area contributed by atoms with Gasteiger partial charge in [-0.2, -0.15) is 0 Å². The minimum Gasteiger partial charge on any atom is -0.455 e. The number of aromatic nitrogens is 1. The molecule has 2 aromatic heterocycles. The number of ether oxygens (including phenoxy) is 1. The summed E-state index contributed by atoms with van der Waals surface area (Å²) in [5.74, 6) is -0.353.